The Bertz CT molecular complexity index is 892. The van der Waals surface area contributed by atoms with Crippen LogP contribution in [0.5, 0.6) is 0 Å². The molecule has 204 valence electrons. The Morgan fingerprint density at radius 1 is 1.03 bits per heavy atom. The normalized spacial score (nSPS) is 28.0. The highest BCUT2D eigenvalue weighted by atomic mass is 19.4. The number of amides is 2. The van der Waals surface area contributed by atoms with Crippen LogP contribution in [0.2, 0.25) is 0 Å². The average Bonchev–Trinajstić information content (AvgIpc) is 3.34. The highest BCUT2D eigenvalue weighted by molar-refractivity contribution is 6.06. The summed E-state index contributed by atoms with van der Waals surface area (Å²) in [7, 11) is 0. The molecule has 0 aromatic rings. The van der Waals surface area contributed by atoms with Gasteiger partial charge in [0.15, 0.2) is 0 Å². The Kier molecular flexibility index (Phi) is 10.4. The number of carbonyl (C=O) groups excluding carboxylic acids is 4. The predicted octanol–water partition coefficient (Wildman–Crippen LogP) is -0.457. The van der Waals surface area contributed by atoms with Crippen LogP contribution in [-0.4, -0.2) is 93.9 Å². The number of aliphatic carboxylic acids is 2. The zero-order valence-electron chi connectivity index (χ0n) is 19.1. The van der Waals surface area contributed by atoms with Gasteiger partial charge in [-0.15, -0.1) is 0 Å². The van der Waals surface area contributed by atoms with Crippen molar-refractivity contribution in [2.45, 2.75) is 57.6 Å². The molecule has 2 bridgehead atoms. The van der Waals surface area contributed by atoms with Crippen LogP contribution in [0, 0.1) is 17.8 Å². The first-order chi connectivity index (χ1) is 16.2. The van der Waals surface area contributed by atoms with Gasteiger partial charge >= 0.3 is 30.1 Å². The van der Waals surface area contributed by atoms with Gasteiger partial charge in [0.1, 0.15) is 12.2 Å². The van der Waals surface area contributed by atoms with E-state index in [1.165, 1.54) is 6.92 Å². The quantitative estimate of drug-likeness (QED) is 0.234. The molecule has 16 heteroatoms. The molecule has 0 spiro atoms. The Morgan fingerprint density at radius 3 is 2.03 bits per heavy atom. The van der Waals surface area contributed by atoms with E-state index < -0.39 is 60.2 Å². The van der Waals surface area contributed by atoms with E-state index >= 15 is 0 Å². The van der Waals surface area contributed by atoms with E-state index in [4.69, 9.17) is 29.2 Å². The molecule has 0 radical (unpaired) electrons. The first-order valence-corrected chi connectivity index (χ1v) is 10.5. The maximum absolute atomic E-state index is 12.7. The first-order valence-electron chi connectivity index (χ1n) is 10.5. The molecule has 3 aliphatic rings. The highest BCUT2D eigenvalue weighted by Crippen LogP contribution is 2.52. The van der Waals surface area contributed by atoms with Crippen molar-refractivity contribution < 1.29 is 71.8 Å². The number of esters is 2. The number of nitrogens with zero attached hydrogens (tertiary/aromatic N) is 1. The van der Waals surface area contributed by atoms with E-state index in [9.17, 15) is 37.1 Å². The zero-order valence-corrected chi connectivity index (χ0v) is 19.1. The van der Waals surface area contributed by atoms with Crippen molar-refractivity contribution in [3.63, 3.8) is 0 Å². The summed E-state index contributed by atoms with van der Waals surface area (Å²) in [5.41, 5.74) is 0. The molecule has 0 aromatic carbocycles. The average molecular weight is 529 g/mol. The molecule has 0 aromatic heterocycles. The minimum absolute atomic E-state index is 0. The number of ether oxygens (including phenoxy) is 3. The lowest BCUT2D eigenvalue weighted by atomic mass is 9.74. The number of hydrogen-bond acceptors (Lipinski definition) is 9. The van der Waals surface area contributed by atoms with Crippen molar-refractivity contribution in [1.82, 2.24) is 4.90 Å². The minimum Gasteiger partial charge on any atom is -0.481 e. The summed E-state index contributed by atoms with van der Waals surface area (Å²) in [4.78, 5) is 68.6. The van der Waals surface area contributed by atoms with Crippen LogP contribution in [0.3, 0.4) is 0 Å². The fourth-order valence-electron chi connectivity index (χ4n) is 4.31. The third-order valence-electron chi connectivity index (χ3n) is 5.75. The molecular weight excluding hydrogens is 503 g/mol. The molecule has 3 heterocycles. The molecule has 3 saturated heterocycles. The topological polar surface area (TPSA) is 205 Å². The summed E-state index contributed by atoms with van der Waals surface area (Å²) in [6.45, 7) is 3.22. The summed E-state index contributed by atoms with van der Waals surface area (Å²) in [5, 5.41) is 15.6. The molecule has 2 amide bonds. The van der Waals surface area contributed by atoms with Crippen LogP contribution in [0.25, 0.3) is 0 Å². The van der Waals surface area contributed by atoms with Crippen LogP contribution in [0.4, 0.5) is 13.2 Å². The number of imide groups is 1. The lowest BCUT2D eigenvalue weighted by Crippen LogP contribution is -2.45. The van der Waals surface area contributed by atoms with Gasteiger partial charge in [-0.25, -0.2) is 4.79 Å². The largest absolute Gasteiger partial charge is 0.490 e. The van der Waals surface area contributed by atoms with E-state index in [0.29, 0.717) is 0 Å². The summed E-state index contributed by atoms with van der Waals surface area (Å²) in [5.74, 6) is -7.01. The van der Waals surface area contributed by atoms with E-state index in [1.54, 1.807) is 0 Å². The second-order valence-electron chi connectivity index (χ2n) is 8.15. The van der Waals surface area contributed by atoms with Crippen LogP contribution >= 0.6 is 0 Å². The fraction of sp³-hybridized carbons (Fsp3) is 0.700. The molecule has 0 aliphatic carbocycles. The molecule has 6 atom stereocenters. The van der Waals surface area contributed by atoms with Gasteiger partial charge in [-0.3, -0.25) is 28.9 Å². The zero-order chi connectivity index (χ0) is 26.7. The molecule has 3 aliphatic heterocycles. The van der Waals surface area contributed by atoms with Crippen molar-refractivity contribution in [2.75, 3.05) is 13.2 Å². The number of rotatable bonds is 8. The van der Waals surface area contributed by atoms with Crippen LogP contribution < -0.4 is 0 Å². The number of hydrogen-bond donors (Lipinski definition) is 2. The number of carboxylic acid groups (broad SMARTS) is 2. The number of halogens is 3. The third-order valence-corrected chi connectivity index (χ3v) is 5.75. The monoisotopic (exact) mass is 529 g/mol. The lowest BCUT2D eigenvalue weighted by molar-refractivity contribution is -0.192. The van der Waals surface area contributed by atoms with Crippen LogP contribution in [0.15, 0.2) is 0 Å². The summed E-state index contributed by atoms with van der Waals surface area (Å²) in [6.07, 6.45) is -6.99. The lowest BCUT2D eigenvalue weighted by Gasteiger charge is -2.29. The van der Waals surface area contributed by atoms with E-state index in [1.807, 2.05) is 6.92 Å². The van der Waals surface area contributed by atoms with Gasteiger partial charge in [0, 0.05) is 19.4 Å². The number of likely N-dealkylation sites (tertiary alicyclic amines) is 1. The van der Waals surface area contributed by atoms with E-state index in [0.717, 1.165) is 4.90 Å². The SMILES string of the molecule is CC(=O)OC1C2O[C@@H](C3C(=O)N(CCCOC(=O)CCC(=O)O)C(=O)C23)[C@H]1C.O.O=C(O)C(F)(F)F. The Balaban J connectivity index is 0.000000712. The minimum atomic E-state index is -5.08. The molecule has 36 heavy (non-hydrogen) atoms. The Hall–Kier alpha value is -3.27. The van der Waals surface area contributed by atoms with Crippen LogP contribution in [0.1, 0.15) is 33.1 Å². The third kappa shape index (κ3) is 6.90. The predicted molar refractivity (Wildman–Crippen MR) is 107 cm³/mol. The molecular formula is C20H26F3NO12. The molecule has 0 saturated carbocycles. The maximum atomic E-state index is 12.7. The van der Waals surface area contributed by atoms with E-state index in [2.05, 4.69) is 0 Å². The summed E-state index contributed by atoms with van der Waals surface area (Å²) >= 11 is 0. The molecule has 13 nitrogen and oxygen atoms in total. The number of alkyl halides is 3. The molecule has 3 rings (SSSR count). The smallest absolute Gasteiger partial charge is 0.481 e. The summed E-state index contributed by atoms with van der Waals surface area (Å²) in [6, 6.07) is 0. The van der Waals surface area contributed by atoms with Crippen molar-refractivity contribution >= 4 is 35.7 Å². The van der Waals surface area contributed by atoms with Crippen LogP contribution in [-0.2, 0) is 43.0 Å². The Labute approximate surface area is 201 Å². The van der Waals surface area contributed by atoms with Crippen molar-refractivity contribution in [2.24, 2.45) is 17.8 Å². The van der Waals surface area contributed by atoms with Gasteiger partial charge in [0.25, 0.3) is 0 Å². The molecule has 3 fully saturated rings. The molecule has 4 N–H and O–H groups in total. The molecule has 4 unspecified atom stereocenters. The maximum Gasteiger partial charge on any atom is 0.490 e. The van der Waals surface area contributed by atoms with Gasteiger partial charge in [0.2, 0.25) is 11.8 Å². The van der Waals surface area contributed by atoms with Crippen molar-refractivity contribution in [3.05, 3.63) is 0 Å². The first kappa shape index (κ1) is 30.8. The standard InChI is InChI=1S/C18H23NO9.C2HF3O2.H2O/c1-8-14-12-13(16(28-14)15(8)27-9(2)20)18(25)19(17(12)24)6-3-7-26-11(23)5-4-10(21)22;3-2(4,5)1(6)7;/h8,12-16H,3-7H2,1-2H3,(H,21,22);(H,6,7);1H2/t8-,12?,13?,14-,15?,16?;;/m1../s1. The van der Waals surface area contributed by atoms with Gasteiger partial charge in [-0.2, -0.15) is 13.2 Å². The van der Waals surface area contributed by atoms with Gasteiger partial charge in [-0.05, 0) is 6.42 Å². The number of carboxylic acids is 2. The second kappa shape index (κ2) is 12.1. The van der Waals surface area contributed by atoms with Gasteiger partial charge in [-0.1, -0.05) is 6.92 Å². The number of fused-ring (bicyclic) bond motifs is 5. The fourth-order valence-corrected chi connectivity index (χ4v) is 4.31. The van der Waals surface area contributed by atoms with Gasteiger partial charge in [0.05, 0.1) is 37.4 Å². The summed E-state index contributed by atoms with van der Waals surface area (Å²) < 4.78 is 47.8. The Morgan fingerprint density at radius 2 is 1.56 bits per heavy atom. The van der Waals surface area contributed by atoms with E-state index in [-0.39, 0.29) is 55.6 Å². The van der Waals surface area contributed by atoms with Gasteiger partial charge < -0.3 is 29.9 Å². The highest BCUT2D eigenvalue weighted by Gasteiger charge is 2.68. The van der Waals surface area contributed by atoms with Crippen molar-refractivity contribution in [1.29, 1.82) is 0 Å². The number of carbonyl (C=O) groups is 6. The van der Waals surface area contributed by atoms with Crippen molar-refractivity contribution in [3.8, 4) is 0 Å². The second-order valence-corrected chi connectivity index (χ2v) is 8.15.